The summed E-state index contributed by atoms with van der Waals surface area (Å²) in [6, 6.07) is 16.7. The molecule has 1 aliphatic carbocycles. The zero-order valence-electron chi connectivity index (χ0n) is 13.9. The summed E-state index contributed by atoms with van der Waals surface area (Å²) in [6.45, 7) is 0. The predicted molar refractivity (Wildman–Crippen MR) is 103 cm³/mol. The maximum atomic E-state index is 11.0. The number of rotatable bonds is 3. The molecule has 1 saturated carbocycles. The average molecular weight is 389 g/mol. The molecule has 0 aliphatic heterocycles. The van der Waals surface area contributed by atoms with E-state index >= 15 is 0 Å². The smallest absolute Gasteiger partial charge is 0.111 e. The van der Waals surface area contributed by atoms with Crippen LogP contribution in [0.1, 0.15) is 25.0 Å². The minimum atomic E-state index is -1.11. The number of aliphatic hydroxyl groups excluding tert-OH is 1. The third-order valence-corrected chi connectivity index (χ3v) is 5.37. The van der Waals surface area contributed by atoms with Crippen LogP contribution in [0.4, 0.5) is 0 Å². The number of hydrogen-bond donors (Lipinski definition) is 2. The molecule has 26 heavy (non-hydrogen) atoms. The molecule has 0 saturated heterocycles. The van der Waals surface area contributed by atoms with Crippen molar-refractivity contribution >= 4 is 23.2 Å². The number of halogens is 2. The molecule has 2 N–H and O–H groups in total. The summed E-state index contributed by atoms with van der Waals surface area (Å²) >= 11 is 12.0. The van der Waals surface area contributed by atoms with Crippen LogP contribution < -0.4 is 0 Å². The van der Waals surface area contributed by atoms with Crippen molar-refractivity contribution < 1.29 is 10.2 Å². The molecule has 0 spiro atoms. The van der Waals surface area contributed by atoms with Crippen LogP contribution in [0.15, 0.2) is 54.6 Å². The zero-order chi connectivity index (χ0) is 18.3. The van der Waals surface area contributed by atoms with Gasteiger partial charge in [-0.3, -0.25) is 0 Å². The molecule has 1 aromatic heterocycles. The lowest BCUT2D eigenvalue weighted by molar-refractivity contribution is 0.0246. The molecule has 0 bridgehead atoms. The highest BCUT2D eigenvalue weighted by Gasteiger charge is 2.40. The van der Waals surface area contributed by atoms with Crippen LogP contribution >= 0.6 is 23.2 Å². The molecular weight excluding hydrogens is 371 g/mol. The molecule has 2 atom stereocenters. The zero-order valence-corrected chi connectivity index (χ0v) is 15.5. The first-order chi connectivity index (χ1) is 12.4. The van der Waals surface area contributed by atoms with Crippen molar-refractivity contribution in [2.24, 2.45) is 0 Å². The Kier molecular flexibility index (Phi) is 4.53. The Balaban J connectivity index is 1.85. The van der Waals surface area contributed by atoms with Crippen LogP contribution in [0, 0.1) is 0 Å². The van der Waals surface area contributed by atoms with Gasteiger partial charge in [0, 0.05) is 22.0 Å². The van der Waals surface area contributed by atoms with E-state index in [1.807, 2.05) is 42.5 Å². The summed E-state index contributed by atoms with van der Waals surface area (Å²) in [4.78, 5) is 0. The normalized spacial score (nSPS) is 22.7. The highest BCUT2D eigenvalue weighted by molar-refractivity contribution is 6.30. The molecule has 0 radical (unpaired) electrons. The molecule has 3 aromatic rings. The average Bonchev–Trinajstić information content (AvgIpc) is 3.21. The summed E-state index contributed by atoms with van der Waals surface area (Å²) in [6.07, 6.45) is 0.858. The molecule has 6 heteroatoms. The van der Waals surface area contributed by atoms with E-state index in [1.165, 1.54) is 0 Å². The number of hydrogen-bond acceptors (Lipinski definition) is 3. The van der Waals surface area contributed by atoms with Crippen molar-refractivity contribution in [3.05, 3.63) is 70.3 Å². The van der Waals surface area contributed by atoms with Crippen LogP contribution in [0.5, 0.6) is 0 Å². The number of nitrogens with zero attached hydrogens (tertiary/aromatic N) is 2. The lowest BCUT2D eigenvalue weighted by atomic mass is 9.97. The van der Waals surface area contributed by atoms with Crippen molar-refractivity contribution in [2.45, 2.75) is 31.0 Å². The largest absolute Gasteiger partial charge is 0.393 e. The van der Waals surface area contributed by atoms with Gasteiger partial charge in [0.25, 0.3) is 0 Å². The molecule has 2 unspecified atom stereocenters. The minimum Gasteiger partial charge on any atom is -0.393 e. The van der Waals surface area contributed by atoms with Gasteiger partial charge in [0.05, 0.1) is 23.2 Å². The van der Waals surface area contributed by atoms with Gasteiger partial charge < -0.3 is 10.2 Å². The second-order valence-corrected chi connectivity index (χ2v) is 7.61. The van der Waals surface area contributed by atoms with Gasteiger partial charge >= 0.3 is 0 Å². The van der Waals surface area contributed by atoms with Gasteiger partial charge in [0.15, 0.2) is 0 Å². The molecule has 4 rings (SSSR count). The maximum absolute atomic E-state index is 11.0. The van der Waals surface area contributed by atoms with Gasteiger partial charge in [-0.05, 0) is 55.3 Å². The van der Waals surface area contributed by atoms with Crippen LogP contribution in [-0.4, -0.2) is 26.1 Å². The van der Waals surface area contributed by atoms with E-state index in [-0.39, 0.29) is 0 Å². The Hall–Kier alpha value is -1.85. The highest BCUT2D eigenvalue weighted by Crippen LogP contribution is 2.40. The van der Waals surface area contributed by atoms with E-state index in [1.54, 1.807) is 16.8 Å². The van der Waals surface area contributed by atoms with Crippen LogP contribution in [0.25, 0.3) is 16.9 Å². The second kappa shape index (κ2) is 6.71. The Bertz CT molecular complexity index is 859. The maximum Gasteiger partial charge on any atom is 0.111 e. The van der Waals surface area contributed by atoms with Crippen LogP contribution in [0.2, 0.25) is 10.0 Å². The Morgan fingerprint density at radius 3 is 2.19 bits per heavy atom. The van der Waals surface area contributed by atoms with Gasteiger partial charge in [-0.25, -0.2) is 4.68 Å². The first-order valence-corrected chi connectivity index (χ1v) is 9.23. The third kappa shape index (κ3) is 3.26. The van der Waals surface area contributed by atoms with Gasteiger partial charge in [0.2, 0.25) is 0 Å². The van der Waals surface area contributed by atoms with Crippen LogP contribution in [0.3, 0.4) is 0 Å². The molecule has 0 amide bonds. The summed E-state index contributed by atoms with van der Waals surface area (Å²) in [5.41, 5.74) is 2.07. The molecule has 134 valence electrons. The predicted octanol–water partition coefficient (Wildman–Crippen LogP) is 4.58. The van der Waals surface area contributed by atoms with Crippen molar-refractivity contribution in [3.8, 4) is 16.9 Å². The Morgan fingerprint density at radius 1 is 1.00 bits per heavy atom. The first kappa shape index (κ1) is 17.6. The molecule has 1 aliphatic rings. The number of benzene rings is 2. The number of aromatic nitrogens is 2. The Labute approximate surface area is 161 Å². The van der Waals surface area contributed by atoms with Crippen LogP contribution in [-0.2, 0) is 5.60 Å². The summed E-state index contributed by atoms with van der Waals surface area (Å²) in [5.74, 6) is 0. The standard InChI is InChI=1S/C20H18Cl2N2O2/c21-14-3-1-13(2-4-14)18-11-19(20(26)10-9-17(25)12-20)23-24(18)16-7-5-15(22)6-8-16/h1-8,11,17,25-26H,9-10,12H2. The lowest BCUT2D eigenvalue weighted by Gasteiger charge is -2.19. The van der Waals surface area contributed by atoms with Gasteiger partial charge in [0.1, 0.15) is 5.60 Å². The van der Waals surface area contributed by atoms with Gasteiger partial charge in [-0.1, -0.05) is 35.3 Å². The topological polar surface area (TPSA) is 58.3 Å². The van der Waals surface area contributed by atoms with Crippen molar-refractivity contribution in [1.29, 1.82) is 0 Å². The molecule has 1 heterocycles. The quantitative estimate of drug-likeness (QED) is 0.690. The van der Waals surface area contributed by atoms with E-state index in [9.17, 15) is 10.2 Å². The van der Waals surface area contributed by atoms with E-state index in [4.69, 9.17) is 23.2 Å². The molecule has 4 nitrogen and oxygen atoms in total. The highest BCUT2D eigenvalue weighted by atomic mass is 35.5. The fourth-order valence-electron chi connectivity index (χ4n) is 3.45. The van der Waals surface area contributed by atoms with E-state index in [0.29, 0.717) is 35.0 Å². The monoisotopic (exact) mass is 388 g/mol. The summed E-state index contributed by atoms with van der Waals surface area (Å²) < 4.78 is 1.79. The fraction of sp³-hybridized carbons (Fsp3) is 0.250. The summed E-state index contributed by atoms with van der Waals surface area (Å²) in [5, 5.41) is 26.8. The van der Waals surface area contributed by atoms with Gasteiger partial charge in [-0.15, -0.1) is 0 Å². The molecule has 1 fully saturated rings. The fourth-order valence-corrected chi connectivity index (χ4v) is 3.70. The molecular formula is C20H18Cl2N2O2. The third-order valence-electron chi connectivity index (χ3n) is 4.86. The lowest BCUT2D eigenvalue weighted by Crippen LogP contribution is -2.23. The number of aliphatic hydroxyl groups is 2. The van der Waals surface area contributed by atoms with Gasteiger partial charge in [-0.2, -0.15) is 5.10 Å². The molecule has 2 aromatic carbocycles. The second-order valence-electron chi connectivity index (χ2n) is 6.74. The van der Waals surface area contributed by atoms with Crippen molar-refractivity contribution in [2.75, 3.05) is 0 Å². The Morgan fingerprint density at radius 2 is 1.62 bits per heavy atom. The van der Waals surface area contributed by atoms with Crippen molar-refractivity contribution in [3.63, 3.8) is 0 Å². The SMILES string of the molecule is OC1CCC(O)(c2cc(-c3ccc(Cl)cc3)n(-c3ccc(Cl)cc3)n2)C1. The minimum absolute atomic E-state index is 0.296. The van der Waals surface area contributed by atoms with E-state index in [2.05, 4.69) is 5.10 Å². The first-order valence-electron chi connectivity index (χ1n) is 8.47. The van der Waals surface area contributed by atoms with Crippen molar-refractivity contribution in [1.82, 2.24) is 9.78 Å². The van der Waals surface area contributed by atoms with E-state index < -0.39 is 11.7 Å². The van der Waals surface area contributed by atoms with E-state index in [0.717, 1.165) is 16.9 Å². The summed E-state index contributed by atoms with van der Waals surface area (Å²) in [7, 11) is 0.